The molecule has 1 aliphatic carbocycles. The molecule has 0 radical (unpaired) electrons. The maximum absolute atomic E-state index is 13.3. The zero-order valence-corrected chi connectivity index (χ0v) is 13.9. The van der Waals surface area contributed by atoms with Crippen LogP contribution in [-0.2, 0) is 4.79 Å². The van der Waals surface area contributed by atoms with Crippen molar-refractivity contribution in [1.82, 2.24) is 9.38 Å². The molecule has 1 amide bonds. The van der Waals surface area contributed by atoms with Crippen LogP contribution in [0.15, 0.2) is 48.7 Å². The third kappa shape index (κ3) is 3.27. The highest BCUT2D eigenvalue weighted by Gasteiger charge is 2.21. The van der Waals surface area contributed by atoms with Crippen LogP contribution in [0.3, 0.4) is 0 Å². The molecule has 0 unspecified atom stereocenters. The molecule has 0 saturated heterocycles. The Balaban J connectivity index is 1.68. The van der Waals surface area contributed by atoms with Crippen molar-refractivity contribution in [2.45, 2.75) is 32.1 Å². The quantitative estimate of drug-likeness (QED) is 0.753. The number of halogens is 1. The van der Waals surface area contributed by atoms with Crippen molar-refractivity contribution in [3.8, 4) is 11.3 Å². The molecule has 0 aliphatic heterocycles. The summed E-state index contributed by atoms with van der Waals surface area (Å²) in [4.78, 5) is 17.0. The molecule has 25 heavy (non-hydrogen) atoms. The van der Waals surface area contributed by atoms with E-state index >= 15 is 0 Å². The van der Waals surface area contributed by atoms with Gasteiger partial charge < -0.3 is 5.32 Å². The number of imidazole rings is 1. The molecule has 0 bridgehead atoms. The van der Waals surface area contributed by atoms with Gasteiger partial charge in [-0.1, -0.05) is 18.9 Å². The number of benzene rings is 1. The van der Waals surface area contributed by atoms with Gasteiger partial charge in [-0.3, -0.25) is 9.20 Å². The standard InChI is InChI=1S/C20H20FN3O/c21-16-10-8-15(9-11-16)19-20(22-17-7-3-4-12-24(17)19)23-18(25)13-14-5-1-2-6-14/h3-4,7-12,14H,1-2,5-6,13H2,(H,23,25). The fraction of sp³-hybridized carbons (Fsp3) is 0.300. The van der Waals surface area contributed by atoms with Gasteiger partial charge in [-0.2, -0.15) is 0 Å². The number of rotatable bonds is 4. The van der Waals surface area contributed by atoms with Crippen molar-refractivity contribution in [2.75, 3.05) is 5.32 Å². The van der Waals surface area contributed by atoms with Crippen molar-refractivity contribution in [3.63, 3.8) is 0 Å². The fourth-order valence-corrected chi connectivity index (χ4v) is 3.63. The Morgan fingerprint density at radius 1 is 1.16 bits per heavy atom. The second-order valence-corrected chi connectivity index (χ2v) is 6.65. The fourth-order valence-electron chi connectivity index (χ4n) is 3.63. The molecule has 2 aromatic heterocycles. The molecule has 1 saturated carbocycles. The number of nitrogens with one attached hydrogen (secondary N) is 1. The van der Waals surface area contributed by atoms with Crippen molar-refractivity contribution in [3.05, 3.63) is 54.5 Å². The van der Waals surface area contributed by atoms with Gasteiger partial charge in [0.15, 0.2) is 5.82 Å². The molecule has 0 atom stereocenters. The Hall–Kier alpha value is -2.69. The molecule has 1 fully saturated rings. The lowest BCUT2D eigenvalue weighted by molar-refractivity contribution is -0.117. The number of amides is 1. The van der Waals surface area contributed by atoms with Crippen molar-refractivity contribution < 1.29 is 9.18 Å². The summed E-state index contributed by atoms with van der Waals surface area (Å²) in [6.45, 7) is 0. The summed E-state index contributed by atoms with van der Waals surface area (Å²) in [6, 6.07) is 12.0. The number of carbonyl (C=O) groups excluding carboxylic acids is 1. The predicted molar refractivity (Wildman–Crippen MR) is 95.8 cm³/mol. The number of aromatic nitrogens is 2. The first-order valence-electron chi connectivity index (χ1n) is 8.73. The summed E-state index contributed by atoms with van der Waals surface area (Å²) in [5.41, 5.74) is 2.34. The van der Waals surface area contributed by atoms with Gasteiger partial charge in [-0.05, 0) is 55.2 Å². The molecule has 4 rings (SSSR count). The average molecular weight is 337 g/mol. The normalized spacial score (nSPS) is 14.9. The molecule has 1 N–H and O–H groups in total. The molecule has 3 aromatic rings. The number of hydrogen-bond donors (Lipinski definition) is 1. The van der Waals surface area contributed by atoms with E-state index in [1.807, 2.05) is 28.8 Å². The first-order valence-corrected chi connectivity index (χ1v) is 8.73. The van der Waals surface area contributed by atoms with Crippen LogP contribution in [0.4, 0.5) is 10.2 Å². The molecule has 128 valence electrons. The highest BCUT2D eigenvalue weighted by Crippen LogP contribution is 2.31. The Kier molecular flexibility index (Phi) is 4.22. The molecule has 5 heteroatoms. The number of hydrogen-bond acceptors (Lipinski definition) is 2. The SMILES string of the molecule is O=C(CC1CCCC1)Nc1nc2ccccn2c1-c1ccc(F)cc1. The first-order chi connectivity index (χ1) is 12.2. The second kappa shape index (κ2) is 6.67. The average Bonchev–Trinajstić information content (AvgIpc) is 3.23. The van der Waals surface area contributed by atoms with Gasteiger partial charge in [0.05, 0.1) is 5.69 Å². The van der Waals surface area contributed by atoms with E-state index in [9.17, 15) is 9.18 Å². The Morgan fingerprint density at radius 3 is 2.68 bits per heavy atom. The molecule has 1 aliphatic rings. The summed E-state index contributed by atoms with van der Waals surface area (Å²) >= 11 is 0. The molecule has 0 spiro atoms. The minimum atomic E-state index is -0.288. The number of carbonyl (C=O) groups is 1. The number of nitrogens with zero attached hydrogens (tertiary/aromatic N) is 2. The lowest BCUT2D eigenvalue weighted by atomic mass is 10.0. The predicted octanol–water partition coefficient (Wildman–Crippen LogP) is 4.66. The van der Waals surface area contributed by atoms with Gasteiger partial charge in [-0.15, -0.1) is 0 Å². The highest BCUT2D eigenvalue weighted by molar-refractivity contribution is 5.94. The van der Waals surface area contributed by atoms with Crippen molar-refractivity contribution in [1.29, 1.82) is 0 Å². The zero-order valence-electron chi connectivity index (χ0n) is 13.9. The number of fused-ring (bicyclic) bond motifs is 1. The second-order valence-electron chi connectivity index (χ2n) is 6.65. The van der Waals surface area contributed by atoms with Crippen LogP contribution < -0.4 is 5.32 Å². The lowest BCUT2D eigenvalue weighted by Gasteiger charge is -2.10. The van der Waals surface area contributed by atoms with E-state index in [1.165, 1.54) is 25.0 Å². The smallest absolute Gasteiger partial charge is 0.225 e. The first kappa shape index (κ1) is 15.8. The minimum absolute atomic E-state index is 0.00123. The maximum Gasteiger partial charge on any atom is 0.225 e. The van der Waals surface area contributed by atoms with Gasteiger partial charge in [0.1, 0.15) is 11.5 Å². The number of pyridine rings is 1. The summed E-state index contributed by atoms with van der Waals surface area (Å²) in [5.74, 6) is 0.718. The van der Waals surface area contributed by atoms with Crippen molar-refractivity contribution in [2.24, 2.45) is 5.92 Å². The Bertz CT molecular complexity index is 895. The molecular weight excluding hydrogens is 317 g/mol. The van der Waals surface area contributed by atoms with Gasteiger partial charge in [-0.25, -0.2) is 9.37 Å². The van der Waals surface area contributed by atoms with E-state index in [-0.39, 0.29) is 11.7 Å². The molecule has 1 aromatic carbocycles. The minimum Gasteiger partial charge on any atom is -0.309 e. The molecule has 4 nitrogen and oxygen atoms in total. The monoisotopic (exact) mass is 337 g/mol. The van der Waals surface area contributed by atoms with Crippen LogP contribution in [-0.4, -0.2) is 15.3 Å². The third-order valence-electron chi connectivity index (χ3n) is 4.85. The largest absolute Gasteiger partial charge is 0.309 e. The molecule has 2 heterocycles. The van der Waals surface area contributed by atoms with E-state index in [0.29, 0.717) is 18.2 Å². The van der Waals surface area contributed by atoms with Crippen LogP contribution >= 0.6 is 0 Å². The van der Waals surface area contributed by atoms with Gasteiger partial charge in [0, 0.05) is 18.2 Å². The summed E-state index contributed by atoms with van der Waals surface area (Å²) in [7, 11) is 0. The van der Waals surface area contributed by atoms with E-state index in [0.717, 1.165) is 29.7 Å². The number of anilines is 1. The van der Waals surface area contributed by atoms with E-state index in [1.54, 1.807) is 12.1 Å². The van der Waals surface area contributed by atoms with Gasteiger partial charge in [0.25, 0.3) is 0 Å². The Morgan fingerprint density at radius 2 is 1.92 bits per heavy atom. The van der Waals surface area contributed by atoms with E-state index < -0.39 is 0 Å². The van der Waals surface area contributed by atoms with Crippen LogP contribution in [0, 0.1) is 11.7 Å². The van der Waals surface area contributed by atoms with Crippen molar-refractivity contribution >= 4 is 17.4 Å². The Labute approximate surface area is 145 Å². The summed E-state index contributed by atoms with van der Waals surface area (Å²) in [6.07, 6.45) is 7.12. The van der Waals surface area contributed by atoms with E-state index in [2.05, 4.69) is 10.3 Å². The zero-order chi connectivity index (χ0) is 17.2. The lowest BCUT2D eigenvalue weighted by Crippen LogP contribution is -2.16. The van der Waals surface area contributed by atoms with Gasteiger partial charge >= 0.3 is 0 Å². The summed E-state index contributed by atoms with van der Waals surface area (Å²) < 4.78 is 15.2. The third-order valence-corrected chi connectivity index (χ3v) is 4.85. The van der Waals surface area contributed by atoms with Gasteiger partial charge in [0.2, 0.25) is 5.91 Å². The van der Waals surface area contributed by atoms with Crippen LogP contribution in [0.1, 0.15) is 32.1 Å². The van der Waals surface area contributed by atoms with Crippen LogP contribution in [0.25, 0.3) is 16.9 Å². The topological polar surface area (TPSA) is 46.4 Å². The van der Waals surface area contributed by atoms with Crippen LogP contribution in [0.5, 0.6) is 0 Å². The van der Waals surface area contributed by atoms with Crippen LogP contribution in [0.2, 0.25) is 0 Å². The maximum atomic E-state index is 13.3. The highest BCUT2D eigenvalue weighted by atomic mass is 19.1. The van der Waals surface area contributed by atoms with E-state index in [4.69, 9.17) is 0 Å². The summed E-state index contributed by atoms with van der Waals surface area (Å²) in [5, 5.41) is 2.98. The molecular formula is C20H20FN3O.